The number of hydrogen-bond donors (Lipinski definition) is 4. The van der Waals surface area contributed by atoms with Crippen molar-refractivity contribution < 1.29 is 55.1 Å². The molecule has 2 heterocycles. The molecule has 1 fully saturated rings. The molecule has 2 aliphatic rings. The number of ether oxygens (including phenoxy) is 1. The lowest BCUT2D eigenvalue weighted by Crippen LogP contribution is -2.62. The van der Waals surface area contributed by atoms with Crippen LogP contribution in [0.25, 0.3) is 0 Å². The van der Waals surface area contributed by atoms with Crippen LogP contribution in [0, 0.1) is 10.8 Å². The first-order valence-corrected chi connectivity index (χ1v) is 21.1. The minimum absolute atomic E-state index is 0.103. The van der Waals surface area contributed by atoms with E-state index >= 15 is 0 Å². The molecule has 0 aliphatic carbocycles. The van der Waals surface area contributed by atoms with Gasteiger partial charge in [0, 0.05) is 52.1 Å². The summed E-state index contributed by atoms with van der Waals surface area (Å²) >= 11 is 0. The number of benzene rings is 1. The number of halogens is 3. The molecule has 0 bridgehead atoms. The summed E-state index contributed by atoms with van der Waals surface area (Å²) in [6, 6.07) is 1.14. The van der Waals surface area contributed by atoms with Gasteiger partial charge in [0.2, 0.25) is 27.6 Å². The highest BCUT2D eigenvalue weighted by Gasteiger charge is 2.48. The Morgan fingerprint density at radius 3 is 2.17 bits per heavy atom. The summed E-state index contributed by atoms with van der Waals surface area (Å²) < 4.78 is 71.3. The van der Waals surface area contributed by atoms with Gasteiger partial charge < -0.3 is 35.8 Å². The molecule has 1 aromatic rings. The van der Waals surface area contributed by atoms with Crippen LogP contribution in [-0.2, 0) is 46.9 Å². The highest BCUT2D eigenvalue weighted by Crippen LogP contribution is 2.30. The van der Waals surface area contributed by atoms with Gasteiger partial charge in [0.05, 0.1) is 18.8 Å². The van der Waals surface area contributed by atoms with E-state index in [0.29, 0.717) is 13.0 Å². The van der Waals surface area contributed by atoms with Crippen molar-refractivity contribution in [1.29, 1.82) is 0 Å². The molecule has 5 atom stereocenters. The SMILES string of the molecule is C=CCNC(=O)C(=O)C(CCC(F)(F)F)NC(=O)[C@@H]1CC(OC(=O)N2CCc3ccccc3C2)CN1C(=O)[C@@H](NC(=O)N[C@H](CN(C)S(C)(=O)=O)C(C)(C)C)C(C)(C)C. The Balaban J connectivity index is 1.95. The van der Waals surface area contributed by atoms with E-state index in [2.05, 4.69) is 27.8 Å². The van der Waals surface area contributed by atoms with Crippen molar-refractivity contribution in [2.75, 3.05) is 39.5 Å². The maximum atomic E-state index is 14.6. The molecule has 0 radical (unpaired) electrons. The average Bonchev–Trinajstić information content (AvgIpc) is 3.55. The zero-order valence-electron chi connectivity index (χ0n) is 34.9. The molecule has 20 heteroatoms. The molecule has 0 spiro atoms. The number of amides is 6. The lowest BCUT2D eigenvalue weighted by molar-refractivity contribution is -0.147. The van der Waals surface area contributed by atoms with Crippen molar-refractivity contribution in [3.8, 4) is 0 Å². The molecular formula is C39H58F3N7O9S. The number of urea groups is 1. The van der Waals surface area contributed by atoms with Crippen molar-refractivity contribution in [1.82, 2.24) is 35.4 Å². The topological polar surface area (TPSA) is 204 Å². The maximum absolute atomic E-state index is 14.6. The highest BCUT2D eigenvalue weighted by atomic mass is 32.2. The minimum Gasteiger partial charge on any atom is -0.444 e. The molecule has 16 nitrogen and oxygen atoms in total. The third kappa shape index (κ3) is 14.2. The summed E-state index contributed by atoms with van der Waals surface area (Å²) in [7, 11) is -2.27. The lowest BCUT2D eigenvalue weighted by Gasteiger charge is -2.37. The third-order valence-corrected chi connectivity index (χ3v) is 11.5. The third-order valence-electron chi connectivity index (χ3n) is 10.2. The van der Waals surface area contributed by atoms with Gasteiger partial charge in [-0.15, -0.1) is 6.58 Å². The molecule has 1 saturated heterocycles. The zero-order chi connectivity index (χ0) is 44.7. The van der Waals surface area contributed by atoms with E-state index in [-0.39, 0.29) is 32.6 Å². The summed E-state index contributed by atoms with van der Waals surface area (Å²) in [6.07, 6.45) is -6.60. The molecule has 6 amide bonds. The standard InChI is InChI=1S/C39H58F3N7O9S/c1-10-18-43-33(52)30(50)27(15-17-39(40,41)42)44-32(51)28-20-26(58-36(55)48-19-16-24-13-11-12-14-25(24)21-48)22-49(28)34(53)31(38(5,6)7)46-35(54)45-29(37(2,3)4)23-47(8)59(9,56)57/h10-14,26-29,31H,1,15-23H2,2-9H3,(H,43,52)(H,44,51)(H2,45,46,54)/t26?,27?,28-,29+,31+/m0/s1. The number of hydrogen-bond acceptors (Lipinski definition) is 9. The molecule has 3 rings (SSSR count). The summed E-state index contributed by atoms with van der Waals surface area (Å²) in [5, 5.41) is 9.84. The van der Waals surface area contributed by atoms with Gasteiger partial charge in [-0.3, -0.25) is 19.2 Å². The fraction of sp³-hybridized carbons (Fsp3) is 0.641. The van der Waals surface area contributed by atoms with E-state index < -0.39 is 106 Å². The van der Waals surface area contributed by atoms with Crippen LogP contribution in [0.3, 0.4) is 0 Å². The van der Waals surface area contributed by atoms with Gasteiger partial charge in [-0.05, 0) is 34.8 Å². The largest absolute Gasteiger partial charge is 0.444 e. The van der Waals surface area contributed by atoms with E-state index in [1.807, 2.05) is 24.3 Å². The maximum Gasteiger partial charge on any atom is 0.410 e. The summed E-state index contributed by atoms with van der Waals surface area (Å²) in [4.78, 5) is 83.8. The van der Waals surface area contributed by atoms with Crippen molar-refractivity contribution in [2.45, 2.75) is 110 Å². The molecule has 1 aromatic carbocycles. The van der Waals surface area contributed by atoms with Crippen LogP contribution in [0.15, 0.2) is 36.9 Å². The Hall–Kier alpha value is -4.72. The first kappa shape index (κ1) is 48.6. The number of likely N-dealkylation sites (N-methyl/N-ethyl adjacent to an activating group) is 1. The van der Waals surface area contributed by atoms with E-state index in [1.54, 1.807) is 41.5 Å². The Labute approximate surface area is 344 Å². The second-order valence-corrected chi connectivity index (χ2v) is 19.2. The molecule has 2 unspecified atom stereocenters. The number of likely N-dealkylation sites (tertiary alicyclic amines) is 1. The predicted molar refractivity (Wildman–Crippen MR) is 212 cm³/mol. The highest BCUT2D eigenvalue weighted by molar-refractivity contribution is 7.88. The number of rotatable bonds is 15. The fourth-order valence-electron chi connectivity index (χ4n) is 6.57. The quantitative estimate of drug-likeness (QED) is 0.151. The van der Waals surface area contributed by atoms with Crippen LogP contribution >= 0.6 is 0 Å². The monoisotopic (exact) mass is 857 g/mol. The van der Waals surface area contributed by atoms with Crippen LogP contribution < -0.4 is 21.3 Å². The number of sulfonamides is 1. The van der Waals surface area contributed by atoms with Gasteiger partial charge in [0.1, 0.15) is 18.2 Å². The van der Waals surface area contributed by atoms with Crippen LogP contribution in [-0.4, -0.2) is 134 Å². The summed E-state index contributed by atoms with van der Waals surface area (Å²) in [5.74, 6) is -4.52. The number of fused-ring (bicyclic) bond motifs is 1. The van der Waals surface area contributed by atoms with Gasteiger partial charge in [-0.25, -0.2) is 22.3 Å². The number of carbonyl (C=O) groups excluding carboxylic acids is 6. The number of nitrogens with one attached hydrogen (secondary N) is 4. The van der Waals surface area contributed by atoms with Crippen LogP contribution in [0.5, 0.6) is 0 Å². The normalized spacial score (nSPS) is 18.8. The first-order valence-electron chi connectivity index (χ1n) is 19.2. The van der Waals surface area contributed by atoms with Crippen LogP contribution in [0.1, 0.15) is 71.9 Å². The molecule has 0 saturated carbocycles. The van der Waals surface area contributed by atoms with Gasteiger partial charge >= 0.3 is 18.3 Å². The first-order chi connectivity index (χ1) is 27.1. The Kier molecular flexibility index (Phi) is 16.1. The molecular weight excluding hydrogens is 800 g/mol. The molecule has 4 N–H and O–H groups in total. The Morgan fingerprint density at radius 1 is 0.983 bits per heavy atom. The van der Waals surface area contributed by atoms with Crippen molar-refractivity contribution in [3.05, 3.63) is 48.0 Å². The van der Waals surface area contributed by atoms with Crippen molar-refractivity contribution in [3.63, 3.8) is 0 Å². The molecule has 2 aliphatic heterocycles. The van der Waals surface area contributed by atoms with E-state index in [1.165, 1.54) is 18.0 Å². The van der Waals surface area contributed by atoms with Crippen molar-refractivity contribution >= 4 is 45.7 Å². The smallest absolute Gasteiger partial charge is 0.410 e. The second kappa shape index (κ2) is 19.6. The van der Waals surface area contributed by atoms with E-state index in [4.69, 9.17) is 4.74 Å². The average molecular weight is 858 g/mol. The number of Topliss-reactive ketones (excluding diaryl/α,β-unsaturated/α-hetero) is 1. The number of carbonyl (C=O) groups is 6. The van der Waals surface area contributed by atoms with Crippen LogP contribution in [0.4, 0.5) is 22.8 Å². The summed E-state index contributed by atoms with van der Waals surface area (Å²) in [6.45, 7) is 13.6. The zero-order valence-corrected chi connectivity index (χ0v) is 35.7. The van der Waals surface area contributed by atoms with E-state index in [9.17, 15) is 50.4 Å². The van der Waals surface area contributed by atoms with E-state index in [0.717, 1.165) is 26.6 Å². The lowest BCUT2D eigenvalue weighted by atomic mass is 9.85. The Bertz CT molecular complexity index is 1850. The molecule has 330 valence electrons. The van der Waals surface area contributed by atoms with Gasteiger partial charge in [-0.2, -0.15) is 13.2 Å². The fourth-order valence-corrected chi connectivity index (χ4v) is 6.99. The van der Waals surface area contributed by atoms with Gasteiger partial charge in [0.15, 0.2) is 0 Å². The second-order valence-electron chi connectivity index (χ2n) is 17.1. The number of ketones is 1. The molecule has 0 aromatic heterocycles. The minimum atomic E-state index is -4.75. The van der Waals surface area contributed by atoms with Gasteiger partial charge in [0.25, 0.3) is 5.91 Å². The Morgan fingerprint density at radius 2 is 1.61 bits per heavy atom. The predicted octanol–water partition coefficient (Wildman–Crippen LogP) is 2.87. The summed E-state index contributed by atoms with van der Waals surface area (Å²) in [5.41, 5.74) is 0.281. The number of alkyl halides is 3. The number of nitrogens with zero attached hydrogens (tertiary/aromatic N) is 3. The van der Waals surface area contributed by atoms with Crippen molar-refractivity contribution in [2.24, 2.45) is 10.8 Å². The van der Waals surface area contributed by atoms with Gasteiger partial charge in [-0.1, -0.05) is 71.9 Å². The molecule has 59 heavy (non-hydrogen) atoms. The van der Waals surface area contributed by atoms with Crippen LogP contribution in [0.2, 0.25) is 0 Å².